The molecule has 1 N–H and O–H groups in total. The summed E-state index contributed by atoms with van der Waals surface area (Å²) in [6.45, 7) is 4.36. The number of carbonyl (C=O) groups is 1. The normalized spacial score (nSPS) is 10.7. The van der Waals surface area contributed by atoms with Crippen LogP contribution in [0, 0.1) is 0 Å². The number of aromatic carboxylic acids is 1. The van der Waals surface area contributed by atoms with Crippen LogP contribution in [0.4, 0.5) is 0 Å². The molecule has 0 atom stereocenters. The van der Waals surface area contributed by atoms with E-state index in [1.807, 2.05) is 5.38 Å². The summed E-state index contributed by atoms with van der Waals surface area (Å²) in [6, 6.07) is 4.78. The molecular weight excluding hydrogens is 290 g/mol. The van der Waals surface area contributed by atoms with Crippen molar-refractivity contribution in [3.8, 4) is 11.5 Å². The van der Waals surface area contributed by atoms with Gasteiger partial charge in [0, 0.05) is 11.3 Å². The summed E-state index contributed by atoms with van der Waals surface area (Å²) in [5, 5.41) is 12.2. The third-order valence-corrected chi connectivity index (χ3v) is 4.05. The van der Waals surface area contributed by atoms with E-state index in [0.717, 1.165) is 10.7 Å². The molecule has 1 aromatic heterocycles. The zero-order valence-electron chi connectivity index (χ0n) is 12.1. The first-order valence-corrected chi connectivity index (χ1v) is 7.38. The Bertz CT molecular complexity index is 636. The molecule has 0 amide bonds. The van der Waals surface area contributed by atoms with Gasteiger partial charge in [-0.25, -0.2) is 9.78 Å². The standard InChI is InChI=1S/C15H17NO4S/c1-9(2)14-16-10(8-21-14)7-20-13-11(15(17)18)5-4-6-12(13)19-3/h4-6,8-9H,7H2,1-3H3,(H,17,18). The highest BCUT2D eigenvalue weighted by molar-refractivity contribution is 7.09. The van der Waals surface area contributed by atoms with E-state index in [4.69, 9.17) is 9.47 Å². The molecule has 0 aliphatic rings. The number of hydrogen-bond donors (Lipinski definition) is 1. The summed E-state index contributed by atoms with van der Waals surface area (Å²) < 4.78 is 10.8. The Labute approximate surface area is 127 Å². The molecule has 5 nitrogen and oxygen atoms in total. The van der Waals surface area contributed by atoms with Crippen LogP contribution in [0.25, 0.3) is 0 Å². The van der Waals surface area contributed by atoms with Crippen LogP contribution in [-0.4, -0.2) is 23.2 Å². The Hall–Kier alpha value is -2.08. The molecule has 6 heteroatoms. The summed E-state index contributed by atoms with van der Waals surface area (Å²) in [7, 11) is 1.48. The molecular formula is C15H17NO4S. The lowest BCUT2D eigenvalue weighted by Gasteiger charge is -2.12. The number of thiazole rings is 1. The lowest BCUT2D eigenvalue weighted by atomic mass is 10.2. The highest BCUT2D eigenvalue weighted by Crippen LogP contribution is 2.32. The molecule has 0 bridgehead atoms. The molecule has 1 aromatic carbocycles. The van der Waals surface area contributed by atoms with E-state index in [1.165, 1.54) is 13.2 Å². The predicted octanol–water partition coefficient (Wildman–Crippen LogP) is 3.55. The minimum atomic E-state index is -1.05. The summed E-state index contributed by atoms with van der Waals surface area (Å²) in [5.41, 5.74) is 0.861. The van der Waals surface area contributed by atoms with Gasteiger partial charge in [-0.2, -0.15) is 0 Å². The van der Waals surface area contributed by atoms with Crippen molar-refractivity contribution in [2.45, 2.75) is 26.4 Å². The maximum Gasteiger partial charge on any atom is 0.339 e. The summed E-state index contributed by atoms with van der Waals surface area (Å²) in [6.07, 6.45) is 0. The van der Waals surface area contributed by atoms with Crippen LogP contribution < -0.4 is 9.47 Å². The van der Waals surface area contributed by atoms with Crippen molar-refractivity contribution in [3.05, 3.63) is 39.8 Å². The average molecular weight is 307 g/mol. The van der Waals surface area contributed by atoms with Gasteiger partial charge in [-0.3, -0.25) is 0 Å². The fourth-order valence-electron chi connectivity index (χ4n) is 1.79. The zero-order valence-corrected chi connectivity index (χ0v) is 12.9. The molecule has 0 aliphatic carbocycles. The fourth-order valence-corrected chi connectivity index (χ4v) is 2.61. The quantitative estimate of drug-likeness (QED) is 0.884. The molecule has 0 saturated carbocycles. The van der Waals surface area contributed by atoms with Crippen LogP contribution in [0.5, 0.6) is 11.5 Å². The topological polar surface area (TPSA) is 68.7 Å². The largest absolute Gasteiger partial charge is 0.493 e. The van der Waals surface area contributed by atoms with Crippen LogP contribution in [0.15, 0.2) is 23.6 Å². The van der Waals surface area contributed by atoms with Gasteiger partial charge in [0.25, 0.3) is 0 Å². The molecule has 0 spiro atoms. The van der Waals surface area contributed by atoms with Gasteiger partial charge >= 0.3 is 5.97 Å². The van der Waals surface area contributed by atoms with Crippen molar-refractivity contribution >= 4 is 17.3 Å². The first-order chi connectivity index (χ1) is 10.0. The Kier molecular flexibility index (Phi) is 4.80. The minimum Gasteiger partial charge on any atom is -0.493 e. The third-order valence-electron chi connectivity index (χ3n) is 2.86. The lowest BCUT2D eigenvalue weighted by Crippen LogP contribution is -2.05. The Morgan fingerprint density at radius 3 is 2.76 bits per heavy atom. The van der Waals surface area contributed by atoms with Crippen LogP contribution in [0.2, 0.25) is 0 Å². The van der Waals surface area contributed by atoms with E-state index in [2.05, 4.69) is 18.8 Å². The molecule has 0 unspecified atom stereocenters. The number of carboxylic acid groups (broad SMARTS) is 1. The van der Waals surface area contributed by atoms with Gasteiger partial charge in [0.15, 0.2) is 11.5 Å². The maximum absolute atomic E-state index is 11.2. The van der Waals surface area contributed by atoms with Gasteiger partial charge in [0.2, 0.25) is 0 Å². The second-order valence-electron chi connectivity index (χ2n) is 4.76. The van der Waals surface area contributed by atoms with Gasteiger partial charge in [-0.1, -0.05) is 19.9 Å². The smallest absolute Gasteiger partial charge is 0.339 e. The molecule has 2 rings (SSSR count). The van der Waals surface area contributed by atoms with E-state index in [9.17, 15) is 9.90 Å². The van der Waals surface area contributed by atoms with Crippen molar-refractivity contribution in [1.82, 2.24) is 4.98 Å². The van der Waals surface area contributed by atoms with Gasteiger partial charge in [0.1, 0.15) is 12.2 Å². The lowest BCUT2D eigenvalue weighted by molar-refractivity contribution is 0.0690. The van der Waals surface area contributed by atoms with E-state index in [-0.39, 0.29) is 17.9 Å². The highest BCUT2D eigenvalue weighted by atomic mass is 32.1. The van der Waals surface area contributed by atoms with E-state index in [1.54, 1.807) is 23.5 Å². The first kappa shape index (κ1) is 15.3. The SMILES string of the molecule is COc1cccc(C(=O)O)c1OCc1csc(C(C)C)n1. The molecule has 2 aromatic rings. The second-order valence-corrected chi connectivity index (χ2v) is 5.65. The van der Waals surface area contributed by atoms with Crippen molar-refractivity contribution in [1.29, 1.82) is 0 Å². The van der Waals surface area contributed by atoms with Gasteiger partial charge in [-0.15, -0.1) is 11.3 Å². The molecule has 21 heavy (non-hydrogen) atoms. The Morgan fingerprint density at radius 2 is 2.19 bits per heavy atom. The Morgan fingerprint density at radius 1 is 1.43 bits per heavy atom. The summed E-state index contributed by atoms with van der Waals surface area (Å²) >= 11 is 1.57. The number of para-hydroxylation sites is 1. The molecule has 0 saturated heterocycles. The van der Waals surface area contributed by atoms with Crippen LogP contribution >= 0.6 is 11.3 Å². The molecule has 0 aliphatic heterocycles. The van der Waals surface area contributed by atoms with Crippen molar-refractivity contribution in [3.63, 3.8) is 0 Å². The number of ether oxygens (including phenoxy) is 2. The summed E-state index contributed by atoms with van der Waals surface area (Å²) in [4.78, 5) is 15.7. The Balaban J connectivity index is 2.20. The predicted molar refractivity (Wildman–Crippen MR) is 80.5 cm³/mol. The maximum atomic E-state index is 11.2. The monoisotopic (exact) mass is 307 g/mol. The molecule has 0 radical (unpaired) electrons. The number of carboxylic acids is 1. The van der Waals surface area contributed by atoms with Crippen LogP contribution in [0.3, 0.4) is 0 Å². The van der Waals surface area contributed by atoms with E-state index < -0.39 is 5.97 Å². The van der Waals surface area contributed by atoms with Crippen molar-refractivity contribution in [2.24, 2.45) is 0 Å². The van der Waals surface area contributed by atoms with Gasteiger partial charge < -0.3 is 14.6 Å². The van der Waals surface area contributed by atoms with Crippen LogP contribution in [-0.2, 0) is 6.61 Å². The summed E-state index contributed by atoms with van der Waals surface area (Å²) in [5.74, 6) is -0.0598. The van der Waals surface area contributed by atoms with Gasteiger partial charge in [0.05, 0.1) is 17.8 Å². The zero-order chi connectivity index (χ0) is 15.4. The first-order valence-electron chi connectivity index (χ1n) is 6.50. The fraction of sp³-hybridized carbons (Fsp3) is 0.333. The molecule has 0 fully saturated rings. The van der Waals surface area contributed by atoms with Crippen molar-refractivity contribution in [2.75, 3.05) is 7.11 Å². The van der Waals surface area contributed by atoms with E-state index in [0.29, 0.717) is 11.7 Å². The molecule has 112 valence electrons. The van der Waals surface area contributed by atoms with Crippen molar-refractivity contribution < 1.29 is 19.4 Å². The third kappa shape index (κ3) is 3.52. The average Bonchev–Trinajstić information content (AvgIpc) is 2.93. The number of hydrogen-bond acceptors (Lipinski definition) is 5. The van der Waals surface area contributed by atoms with Gasteiger partial charge in [-0.05, 0) is 12.1 Å². The highest BCUT2D eigenvalue weighted by Gasteiger charge is 2.17. The van der Waals surface area contributed by atoms with E-state index >= 15 is 0 Å². The minimum absolute atomic E-state index is 0.0775. The number of rotatable bonds is 6. The second kappa shape index (κ2) is 6.58. The number of nitrogens with zero attached hydrogens (tertiary/aromatic N) is 1. The number of methoxy groups -OCH3 is 1. The number of benzene rings is 1. The molecule has 1 heterocycles. The number of aromatic nitrogens is 1. The van der Waals surface area contributed by atoms with Crippen LogP contribution in [0.1, 0.15) is 40.8 Å².